The molecule has 0 N–H and O–H groups in total. The number of hydrogen-bond donors (Lipinski definition) is 0. The van der Waals surface area contributed by atoms with Crippen molar-refractivity contribution in [3.05, 3.63) is 40.5 Å². The summed E-state index contributed by atoms with van der Waals surface area (Å²) in [6.07, 6.45) is 2.83. The van der Waals surface area contributed by atoms with E-state index in [2.05, 4.69) is 28.7 Å². The van der Waals surface area contributed by atoms with E-state index in [0.29, 0.717) is 30.5 Å². The molecule has 8 nitrogen and oxygen atoms in total. The quantitative estimate of drug-likeness (QED) is 0.634. The highest BCUT2D eigenvalue weighted by Gasteiger charge is 2.33. The van der Waals surface area contributed by atoms with Crippen molar-refractivity contribution in [2.24, 2.45) is 5.92 Å². The van der Waals surface area contributed by atoms with Crippen LogP contribution in [0.2, 0.25) is 5.02 Å². The van der Waals surface area contributed by atoms with Gasteiger partial charge in [-0.25, -0.2) is 13.4 Å². The molecule has 4 heterocycles. The SMILES string of the molecule is CC1CCN(c2nc(N3CCN(C)CC3)nc3c2CN(S(=O)(=O)c2ccc(Cl)cc2)CC3)CC1. The molecule has 0 radical (unpaired) electrons. The van der Waals surface area contributed by atoms with Gasteiger partial charge in [-0.1, -0.05) is 18.5 Å². The van der Waals surface area contributed by atoms with Crippen molar-refractivity contribution in [1.29, 1.82) is 0 Å². The summed E-state index contributed by atoms with van der Waals surface area (Å²) in [6.45, 7) is 8.68. The molecule has 3 aliphatic heterocycles. The normalized spacial score (nSPS) is 21.0. The van der Waals surface area contributed by atoms with Crippen molar-refractivity contribution in [3.63, 3.8) is 0 Å². The summed E-state index contributed by atoms with van der Waals surface area (Å²) < 4.78 is 28.4. The van der Waals surface area contributed by atoms with Crippen LogP contribution in [0.15, 0.2) is 29.2 Å². The molecule has 3 aliphatic rings. The van der Waals surface area contributed by atoms with E-state index < -0.39 is 10.0 Å². The lowest BCUT2D eigenvalue weighted by Crippen LogP contribution is -2.46. The first-order valence-electron chi connectivity index (χ1n) is 12.2. The molecular weight excluding hydrogens is 472 g/mol. The van der Waals surface area contributed by atoms with E-state index in [-0.39, 0.29) is 4.90 Å². The molecule has 34 heavy (non-hydrogen) atoms. The van der Waals surface area contributed by atoms with E-state index >= 15 is 0 Å². The molecule has 5 rings (SSSR count). The fraction of sp³-hybridized carbons (Fsp3) is 0.583. The number of rotatable bonds is 4. The van der Waals surface area contributed by atoms with Gasteiger partial charge >= 0.3 is 0 Å². The molecule has 0 aliphatic carbocycles. The van der Waals surface area contributed by atoms with Crippen LogP contribution in [0.3, 0.4) is 0 Å². The maximum atomic E-state index is 13.4. The molecule has 2 saturated heterocycles. The summed E-state index contributed by atoms with van der Waals surface area (Å²) in [5, 5.41) is 0.523. The molecule has 10 heteroatoms. The monoisotopic (exact) mass is 504 g/mol. The number of anilines is 2. The molecule has 2 fully saturated rings. The van der Waals surface area contributed by atoms with Crippen molar-refractivity contribution in [2.75, 3.05) is 62.7 Å². The van der Waals surface area contributed by atoms with Crippen molar-refractivity contribution in [3.8, 4) is 0 Å². The molecule has 0 amide bonds. The molecule has 184 valence electrons. The standard InChI is InChI=1S/C24H33ClN6O2S/c1-18-7-10-29(11-8-18)23-21-17-31(34(32,33)20-5-3-19(25)4-6-20)12-9-22(21)26-24(27-23)30-15-13-28(2)14-16-30/h3-6,18H,7-17H2,1-2H3. The zero-order valence-electron chi connectivity index (χ0n) is 20.0. The molecule has 2 aromatic rings. The number of sulfonamides is 1. The minimum absolute atomic E-state index is 0.267. The average molecular weight is 505 g/mol. The third-order valence-corrected chi connectivity index (χ3v) is 9.42. The lowest BCUT2D eigenvalue weighted by Gasteiger charge is -2.37. The fourth-order valence-corrected chi connectivity index (χ4v) is 6.48. The van der Waals surface area contributed by atoms with Gasteiger partial charge in [-0.2, -0.15) is 9.29 Å². The van der Waals surface area contributed by atoms with E-state index in [4.69, 9.17) is 21.6 Å². The highest BCUT2D eigenvalue weighted by atomic mass is 35.5. The van der Waals surface area contributed by atoms with Gasteiger partial charge in [-0.15, -0.1) is 0 Å². The molecule has 1 aromatic carbocycles. The third-order valence-electron chi connectivity index (χ3n) is 7.31. The first kappa shape index (κ1) is 23.8. The van der Waals surface area contributed by atoms with Gasteiger partial charge < -0.3 is 14.7 Å². The number of piperazine rings is 1. The Morgan fingerprint density at radius 2 is 1.59 bits per heavy atom. The zero-order chi connectivity index (χ0) is 23.9. The average Bonchev–Trinajstić information content (AvgIpc) is 2.84. The lowest BCUT2D eigenvalue weighted by molar-refractivity contribution is 0.310. The number of likely N-dealkylation sites (N-methyl/N-ethyl adjacent to an activating group) is 1. The number of nitrogens with zero attached hydrogens (tertiary/aromatic N) is 6. The summed E-state index contributed by atoms with van der Waals surface area (Å²) in [4.78, 5) is 17.2. The molecule has 0 saturated carbocycles. The van der Waals surface area contributed by atoms with Crippen LogP contribution in [0.5, 0.6) is 0 Å². The minimum atomic E-state index is -3.63. The Morgan fingerprint density at radius 1 is 0.912 bits per heavy atom. The van der Waals surface area contributed by atoms with Crippen molar-refractivity contribution in [2.45, 2.75) is 37.6 Å². The predicted octanol–water partition coefficient (Wildman–Crippen LogP) is 2.87. The number of halogens is 1. The molecule has 0 bridgehead atoms. The Balaban J connectivity index is 1.49. The number of piperidine rings is 1. The minimum Gasteiger partial charge on any atom is -0.356 e. The van der Waals surface area contributed by atoms with E-state index in [9.17, 15) is 8.42 Å². The lowest BCUT2D eigenvalue weighted by atomic mass is 9.98. The smallest absolute Gasteiger partial charge is 0.243 e. The number of fused-ring (bicyclic) bond motifs is 1. The van der Waals surface area contributed by atoms with E-state index in [1.807, 2.05) is 0 Å². The van der Waals surface area contributed by atoms with E-state index in [1.165, 1.54) is 0 Å². The Labute approximate surface area is 207 Å². The second-order valence-corrected chi connectivity index (χ2v) is 12.1. The number of hydrogen-bond acceptors (Lipinski definition) is 7. The second-order valence-electron chi connectivity index (χ2n) is 9.77. The second kappa shape index (κ2) is 9.60. The van der Waals surface area contributed by atoms with Crippen LogP contribution in [-0.2, 0) is 23.0 Å². The molecule has 0 unspecified atom stereocenters. The van der Waals surface area contributed by atoms with Crippen LogP contribution in [0.4, 0.5) is 11.8 Å². The fourth-order valence-electron chi connectivity index (χ4n) is 4.95. The summed E-state index contributed by atoms with van der Waals surface area (Å²) in [5.41, 5.74) is 1.94. The van der Waals surface area contributed by atoms with Gasteiger partial charge in [0.25, 0.3) is 0 Å². The summed E-state index contributed by atoms with van der Waals surface area (Å²) in [7, 11) is -1.49. The molecule has 0 spiro atoms. The Bertz CT molecular complexity index is 1130. The molecular formula is C24H33ClN6O2S. The van der Waals surface area contributed by atoms with E-state index in [0.717, 1.165) is 75.1 Å². The zero-order valence-corrected chi connectivity index (χ0v) is 21.5. The first-order chi connectivity index (χ1) is 16.3. The van der Waals surface area contributed by atoms with Crippen LogP contribution in [0.25, 0.3) is 0 Å². The molecule has 1 aromatic heterocycles. The van der Waals surface area contributed by atoms with Gasteiger partial charge in [0.1, 0.15) is 5.82 Å². The van der Waals surface area contributed by atoms with Gasteiger partial charge in [0.05, 0.1) is 10.6 Å². The maximum Gasteiger partial charge on any atom is 0.243 e. The molecule has 0 atom stereocenters. The Morgan fingerprint density at radius 3 is 2.26 bits per heavy atom. The van der Waals surface area contributed by atoms with E-state index in [1.54, 1.807) is 28.6 Å². The van der Waals surface area contributed by atoms with Crippen LogP contribution < -0.4 is 9.80 Å². The van der Waals surface area contributed by atoms with Crippen LogP contribution >= 0.6 is 11.6 Å². The first-order valence-corrected chi connectivity index (χ1v) is 14.0. The Hall–Kier alpha value is -1.94. The summed E-state index contributed by atoms with van der Waals surface area (Å²) in [6, 6.07) is 6.40. The summed E-state index contributed by atoms with van der Waals surface area (Å²) in [5.74, 6) is 2.41. The van der Waals surface area contributed by atoms with Crippen LogP contribution in [-0.4, -0.2) is 80.5 Å². The predicted molar refractivity (Wildman–Crippen MR) is 135 cm³/mol. The van der Waals surface area contributed by atoms with Gasteiger partial charge in [-0.3, -0.25) is 0 Å². The highest BCUT2D eigenvalue weighted by molar-refractivity contribution is 7.89. The van der Waals surface area contributed by atoms with Gasteiger partial charge in [-0.05, 0) is 50.1 Å². The highest BCUT2D eigenvalue weighted by Crippen LogP contribution is 2.33. The van der Waals surface area contributed by atoms with Crippen molar-refractivity contribution in [1.82, 2.24) is 19.2 Å². The Kier molecular flexibility index (Phi) is 6.72. The summed E-state index contributed by atoms with van der Waals surface area (Å²) >= 11 is 5.98. The van der Waals surface area contributed by atoms with Crippen LogP contribution in [0, 0.1) is 5.92 Å². The van der Waals surface area contributed by atoms with Gasteiger partial charge in [0.15, 0.2) is 0 Å². The van der Waals surface area contributed by atoms with Crippen molar-refractivity contribution < 1.29 is 8.42 Å². The number of benzene rings is 1. The topological polar surface area (TPSA) is 72.9 Å². The van der Waals surface area contributed by atoms with Gasteiger partial charge in [0, 0.05) is 69.4 Å². The van der Waals surface area contributed by atoms with Crippen molar-refractivity contribution >= 4 is 33.4 Å². The third kappa shape index (κ3) is 4.76. The number of aromatic nitrogens is 2. The van der Waals surface area contributed by atoms with Gasteiger partial charge in [0.2, 0.25) is 16.0 Å². The maximum absolute atomic E-state index is 13.4. The largest absolute Gasteiger partial charge is 0.356 e. The van der Waals surface area contributed by atoms with Crippen LogP contribution in [0.1, 0.15) is 31.0 Å².